The van der Waals surface area contributed by atoms with Crippen LogP contribution in [0.1, 0.15) is 24.5 Å². The summed E-state index contributed by atoms with van der Waals surface area (Å²) >= 11 is 0. The zero-order valence-electron chi connectivity index (χ0n) is 16.3. The van der Waals surface area contributed by atoms with Crippen LogP contribution >= 0.6 is 0 Å². The summed E-state index contributed by atoms with van der Waals surface area (Å²) < 4.78 is 33.9. The largest absolute Gasteiger partial charge is 0.456 e. The predicted molar refractivity (Wildman–Crippen MR) is 111 cm³/mol. The number of sulfonamides is 1. The van der Waals surface area contributed by atoms with E-state index >= 15 is 0 Å². The van der Waals surface area contributed by atoms with E-state index in [-0.39, 0.29) is 28.3 Å². The molecule has 0 atom stereocenters. The van der Waals surface area contributed by atoms with E-state index in [1.54, 1.807) is 45.2 Å². The molecule has 8 nitrogen and oxygen atoms in total. The number of hydrogen-bond acceptors (Lipinski definition) is 6. The third-order valence-corrected chi connectivity index (χ3v) is 5.87. The molecule has 0 radical (unpaired) electrons. The van der Waals surface area contributed by atoms with Crippen LogP contribution in [0.4, 0.5) is 5.69 Å². The summed E-state index contributed by atoms with van der Waals surface area (Å²) in [6.07, 6.45) is 1.90. The van der Waals surface area contributed by atoms with E-state index in [4.69, 9.17) is 4.74 Å². The molecule has 0 unspecified atom stereocenters. The summed E-state index contributed by atoms with van der Waals surface area (Å²) in [5.41, 5.74) is 1.12. The Bertz CT molecular complexity index is 1290. The summed E-state index contributed by atoms with van der Waals surface area (Å²) in [5, 5.41) is 10.0. The Kier molecular flexibility index (Phi) is 5.57. The Morgan fingerprint density at radius 1 is 1.24 bits per heavy atom. The Hall–Kier alpha value is -3.38. The van der Waals surface area contributed by atoms with E-state index in [2.05, 4.69) is 9.71 Å². The van der Waals surface area contributed by atoms with Crippen molar-refractivity contribution in [2.75, 3.05) is 10.5 Å². The van der Waals surface area contributed by atoms with Crippen molar-refractivity contribution in [3.63, 3.8) is 0 Å². The molecule has 0 amide bonds. The second-order valence-corrected chi connectivity index (χ2v) is 8.40. The maximum Gasteiger partial charge on any atom is 0.261 e. The second-order valence-electron chi connectivity index (χ2n) is 6.56. The number of aryl methyl sites for hydroxylation is 2. The highest BCUT2D eigenvalue weighted by molar-refractivity contribution is 7.92. The Labute approximate surface area is 168 Å². The van der Waals surface area contributed by atoms with Crippen LogP contribution in [-0.4, -0.2) is 23.7 Å². The molecule has 0 aliphatic carbocycles. The predicted octanol–water partition coefficient (Wildman–Crippen LogP) is 3.06. The lowest BCUT2D eigenvalue weighted by Crippen LogP contribution is -2.18. The SMILES string of the molecule is CCCS(=O)(=O)Nc1cccc(Oc2ccc3ncn(C)c(=O)c3c2C)c1C#N. The van der Waals surface area contributed by atoms with Crippen molar-refractivity contribution < 1.29 is 13.2 Å². The van der Waals surface area contributed by atoms with Crippen molar-refractivity contribution in [1.29, 1.82) is 5.26 Å². The van der Waals surface area contributed by atoms with E-state index in [1.807, 2.05) is 6.07 Å². The lowest BCUT2D eigenvalue weighted by molar-refractivity contribution is 0.478. The molecule has 0 aliphatic heterocycles. The van der Waals surface area contributed by atoms with Gasteiger partial charge in [0.25, 0.3) is 5.56 Å². The van der Waals surface area contributed by atoms with Gasteiger partial charge in [0.15, 0.2) is 0 Å². The molecule has 0 spiro atoms. The molecule has 0 saturated heterocycles. The minimum atomic E-state index is -3.56. The summed E-state index contributed by atoms with van der Waals surface area (Å²) in [7, 11) is -1.95. The average Bonchev–Trinajstić information content (AvgIpc) is 2.66. The highest BCUT2D eigenvalue weighted by atomic mass is 32.2. The number of anilines is 1. The van der Waals surface area contributed by atoms with E-state index in [9.17, 15) is 18.5 Å². The van der Waals surface area contributed by atoms with Gasteiger partial charge in [0.1, 0.15) is 23.1 Å². The molecule has 1 heterocycles. The molecule has 29 heavy (non-hydrogen) atoms. The molecule has 0 fully saturated rings. The molecule has 0 bridgehead atoms. The molecule has 2 aromatic carbocycles. The van der Waals surface area contributed by atoms with Crippen LogP contribution in [0.2, 0.25) is 0 Å². The lowest BCUT2D eigenvalue weighted by Gasteiger charge is -2.14. The van der Waals surface area contributed by atoms with E-state index in [0.29, 0.717) is 28.6 Å². The molecule has 0 saturated carbocycles. The summed E-state index contributed by atoms with van der Waals surface area (Å²) in [4.78, 5) is 16.7. The van der Waals surface area contributed by atoms with Crippen molar-refractivity contribution in [2.45, 2.75) is 20.3 Å². The Morgan fingerprint density at radius 3 is 2.69 bits per heavy atom. The van der Waals surface area contributed by atoms with Gasteiger partial charge in [0.2, 0.25) is 10.0 Å². The quantitative estimate of drug-likeness (QED) is 0.665. The van der Waals surface area contributed by atoms with Crippen molar-refractivity contribution >= 4 is 26.6 Å². The summed E-state index contributed by atoms with van der Waals surface area (Å²) in [5.74, 6) is 0.517. The number of aromatic nitrogens is 2. The lowest BCUT2D eigenvalue weighted by atomic mass is 10.1. The van der Waals surface area contributed by atoms with Crippen LogP contribution in [0.25, 0.3) is 10.9 Å². The van der Waals surface area contributed by atoms with Crippen LogP contribution in [0.15, 0.2) is 41.5 Å². The molecule has 150 valence electrons. The number of nitriles is 1. The minimum absolute atomic E-state index is 0.0525. The number of nitrogens with zero attached hydrogens (tertiary/aromatic N) is 3. The maximum absolute atomic E-state index is 12.5. The fourth-order valence-corrected chi connectivity index (χ4v) is 4.11. The zero-order chi connectivity index (χ0) is 21.2. The molecule has 1 aromatic heterocycles. The molecule has 1 N–H and O–H groups in total. The number of ether oxygens (including phenoxy) is 1. The van der Waals surface area contributed by atoms with Gasteiger partial charge >= 0.3 is 0 Å². The fourth-order valence-electron chi connectivity index (χ4n) is 2.97. The van der Waals surface area contributed by atoms with E-state index < -0.39 is 10.0 Å². The van der Waals surface area contributed by atoms with Gasteiger partial charge in [-0.2, -0.15) is 5.26 Å². The highest BCUT2D eigenvalue weighted by Crippen LogP contribution is 2.33. The van der Waals surface area contributed by atoms with Crippen LogP contribution < -0.4 is 15.0 Å². The standard InChI is InChI=1S/C20H20N4O4S/c1-4-10-29(26,27)23-15-6-5-7-18(14(15)11-21)28-17-9-8-16-19(13(17)2)20(25)24(3)12-22-16/h5-9,12,23H,4,10H2,1-3H3. The third-order valence-electron chi connectivity index (χ3n) is 4.39. The van der Waals surface area contributed by atoms with Crippen LogP contribution in [-0.2, 0) is 17.1 Å². The number of rotatable bonds is 6. The number of hydrogen-bond donors (Lipinski definition) is 1. The van der Waals surface area contributed by atoms with Gasteiger partial charge in [0.05, 0.1) is 28.7 Å². The third kappa shape index (κ3) is 4.07. The van der Waals surface area contributed by atoms with Gasteiger partial charge in [-0.15, -0.1) is 0 Å². The van der Waals surface area contributed by atoms with Crippen LogP contribution in [0, 0.1) is 18.3 Å². The number of benzene rings is 2. The molecule has 0 aliphatic rings. The molecular weight excluding hydrogens is 392 g/mol. The van der Waals surface area contributed by atoms with Gasteiger partial charge in [0, 0.05) is 12.6 Å². The first-order chi connectivity index (χ1) is 13.8. The number of nitrogens with one attached hydrogen (secondary N) is 1. The topological polar surface area (TPSA) is 114 Å². The van der Waals surface area contributed by atoms with Crippen LogP contribution in [0.3, 0.4) is 0 Å². The summed E-state index contributed by atoms with van der Waals surface area (Å²) in [6.45, 7) is 3.49. The Balaban J connectivity index is 2.07. The molecule has 3 rings (SSSR count). The van der Waals surface area contributed by atoms with Crippen molar-refractivity contribution in [2.24, 2.45) is 7.05 Å². The summed E-state index contributed by atoms with van der Waals surface area (Å²) in [6, 6.07) is 10.00. The fraction of sp³-hybridized carbons (Fsp3) is 0.250. The van der Waals surface area contributed by atoms with E-state index in [1.165, 1.54) is 17.0 Å². The first kappa shape index (κ1) is 20.4. The first-order valence-corrected chi connectivity index (χ1v) is 10.6. The number of fused-ring (bicyclic) bond motifs is 1. The van der Waals surface area contributed by atoms with Gasteiger partial charge in [-0.1, -0.05) is 13.0 Å². The monoisotopic (exact) mass is 412 g/mol. The molecular formula is C20H20N4O4S. The van der Waals surface area contributed by atoms with Crippen molar-refractivity contribution in [3.05, 3.63) is 58.1 Å². The van der Waals surface area contributed by atoms with Gasteiger partial charge < -0.3 is 9.30 Å². The first-order valence-electron chi connectivity index (χ1n) is 8.93. The zero-order valence-corrected chi connectivity index (χ0v) is 17.1. The smallest absolute Gasteiger partial charge is 0.261 e. The van der Waals surface area contributed by atoms with Crippen LogP contribution in [0.5, 0.6) is 11.5 Å². The van der Waals surface area contributed by atoms with Gasteiger partial charge in [-0.05, 0) is 37.6 Å². The second kappa shape index (κ2) is 7.93. The Morgan fingerprint density at radius 2 is 2.00 bits per heavy atom. The van der Waals surface area contributed by atoms with Gasteiger partial charge in [-0.3, -0.25) is 9.52 Å². The molecule has 3 aromatic rings. The van der Waals surface area contributed by atoms with Crippen molar-refractivity contribution in [3.8, 4) is 17.6 Å². The minimum Gasteiger partial charge on any atom is -0.456 e. The normalized spacial score (nSPS) is 11.2. The maximum atomic E-state index is 12.5. The van der Waals surface area contributed by atoms with Crippen molar-refractivity contribution in [1.82, 2.24) is 9.55 Å². The molecule has 9 heteroatoms. The van der Waals surface area contributed by atoms with E-state index in [0.717, 1.165) is 0 Å². The van der Waals surface area contributed by atoms with Gasteiger partial charge in [-0.25, -0.2) is 13.4 Å². The highest BCUT2D eigenvalue weighted by Gasteiger charge is 2.17. The average molecular weight is 412 g/mol.